The van der Waals surface area contributed by atoms with E-state index in [1.165, 1.54) is 6.33 Å². The predicted molar refractivity (Wildman–Crippen MR) is 70.6 cm³/mol. The van der Waals surface area contributed by atoms with Crippen molar-refractivity contribution in [2.75, 3.05) is 24.2 Å². The number of halogens is 1. The third-order valence-electron chi connectivity index (χ3n) is 2.95. The van der Waals surface area contributed by atoms with Crippen LogP contribution in [0.3, 0.4) is 0 Å². The van der Waals surface area contributed by atoms with Crippen LogP contribution in [-0.4, -0.2) is 34.3 Å². The number of nitrogens with zero attached hydrogens (tertiary/aromatic N) is 2. The van der Waals surface area contributed by atoms with Gasteiger partial charge < -0.3 is 15.7 Å². The Bertz CT molecular complexity index is 368. The monoisotopic (exact) mass is 258 g/mol. The van der Waals surface area contributed by atoms with E-state index in [9.17, 15) is 5.11 Å². The molecule has 5 nitrogen and oxygen atoms in total. The number of anilines is 2. The summed E-state index contributed by atoms with van der Waals surface area (Å²) in [5.74, 6) is 0.604. The van der Waals surface area contributed by atoms with E-state index in [1.54, 1.807) is 7.05 Å². The van der Waals surface area contributed by atoms with Crippen LogP contribution in [0.2, 0.25) is 5.15 Å². The molecule has 3 N–H and O–H groups in total. The van der Waals surface area contributed by atoms with E-state index in [-0.39, 0.29) is 0 Å². The Morgan fingerprint density at radius 3 is 2.53 bits per heavy atom. The number of rotatable bonds is 6. The van der Waals surface area contributed by atoms with Gasteiger partial charge in [-0.3, -0.25) is 0 Å². The van der Waals surface area contributed by atoms with Crippen molar-refractivity contribution in [3.05, 3.63) is 11.5 Å². The van der Waals surface area contributed by atoms with Gasteiger partial charge in [0.25, 0.3) is 0 Å². The largest absolute Gasteiger partial charge is 0.388 e. The van der Waals surface area contributed by atoms with Crippen LogP contribution in [0, 0.1) is 0 Å². The van der Waals surface area contributed by atoms with E-state index in [1.807, 2.05) is 13.8 Å². The molecule has 1 rings (SSSR count). The molecule has 0 bridgehead atoms. The van der Waals surface area contributed by atoms with Gasteiger partial charge in [0.15, 0.2) is 11.0 Å². The first-order valence-corrected chi connectivity index (χ1v) is 6.08. The molecular formula is C11H19ClN4O. The van der Waals surface area contributed by atoms with Gasteiger partial charge in [0.2, 0.25) is 0 Å². The second-order valence-electron chi connectivity index (χ2n) is 3.92. The first-order valence-electron chi connectivity index (χ1n) is 5.70. The molecule has 0 aromatic carbocycles. The van der Waals surface area contributed by atoms with Gasteiger partial charge in [0, 0.05) is 13.6 Å². The lowest BCUT2D eigenvalue weighted by Gasteiger charge is -2.26. The maximum atomic E-state index is 10.2. The SMILES string of the molecule is CCC(O)(CC)CNc1ncnc(Cl)c1NC. The molecule has 0 saturated carbocycles. The van der Waals surface area contributed by atoms with E-state index in [0.717, 1.165) is 0 Å². The molecule has 1 aromatic heterocycles. The molecule has 0 spiro atoms. The summed E-state index contributed by atoms with van der Waals surface area (Å²) in [5.41, 5.74) is -0.0775. The van der Waals surface area contributed by atoms with Gasteiger partial charge in [-0.1, -0.05) is 25.4 Å². The minimum atomic E-state index is -0.720. The summed E-state index contributed by atoms with van der Waals surface area (Å²) >= 11 is 5.93. The van der Waals surface area contributed by atoms with Gasteiger partial charge in [-0.15, -0.1) is 0 Å². The molecule has 1 heterocycles. The molecule has 17 heavy (non-hydrogen) atoms. The highest BCUT2D eigenvalue weighted by molar-refractivity contribution is 6.32. The third-order valence-corrected chi connectivity index (χ3v) is 3.24. The Kier molecular flexibility index (Phi) is 4.96. The zero-order valence-electron chi connectivity index (χ0n) is 10.4. The van der Waals surface area contributed by atoms with Gasteiger partial charge in [0.05, 0.1) is 5.60 Å². The third kappa shape index (κ3) is 3.44. The Morgan fingerprint density at radius 2 is 2.00 bits per heavy atom. The molecule has 0 unspecified atom stereocenters. The summed E-state index contributed by atoms with van der Waals surface area (Å²) in [6.07, 6.45) is 2.76. The maximum Gasteiger partial charge on any atom is 0.157 e. The number of hydrogen-bond acceptors (Lipinski definition) is 5. The molecule has 6 heteroatoms. The summed E-state index contributed by atoms with van der Waals surface area (Å²) in [6, 6.07) is 0. The van der Waals surface area contributed by atoms with Crippen LogP contribution >= 0.6 is 11.6 Å². The molecule has 0 fully saturated rings. The van der Waals surface area contributed by atoms with Crippen molar-refractivity contribution in [1.82, 2.24) is 9.97 Å². The number of aromatic nitrogens is 2. The van der Waals surface area contributed by atoms with E-state index in [4.69, 9.17) is 11.6 Å². The van der Waals surface area contributed by atoms with Crippen molar-refractivity contribution in [3.63, 3.8) is 0 Å². The lowest BCUT2D eigenvalue weighted by atomic mass is 9.98. The van der Waals surface area contributed by atoms with Crippen LogP contribution in [-0.2, 0) is 0 Å². The van der Waals surface area contributed by atoms with Gasteiger partial charge in [-0.2, -0.15) is 0 Å². The van der Waals surface area contributed by atoms with Gasteiger partial charge in [-0.25, -0.2) is 9.97 Å². The first kappa shape index (κ1) is 14.0. The van der Waals surface area contributed by atoms with Crippen molar-refractivity contribution >= 4 is 23.1 Å². The lowest BCUT2D eigenvalue weighted by molar-refractivity contribution is 0.0456. The Morgan fingerprint density at radius 1 is 1.35 bits per heavy atom. The van der Waals surface area contributed by atoms with Crippen LogP contribution in [0.4, 0.5) is 11.5 Å². The zero-order chi connectivity index (χ0) is 12.9. The van der Waals surface area contributed by atoms with Crippen molar-refractivity contribution in [1.29, 1.82) is 0 Å². The summed E-state index contributed by atoms with van der Waals surface area (Å²) < 4.78 is 0. The highest BCUT2D eigenvalue weighted by Gasteiger charge is 2.22. The number of aliphatic hydroxyl groups is 1. The zero-order valence-corrected chi connectivity index (χ0v) is 11.2. The fraction of sp³-hybridized carbons (Fsp3) is 0.636. The van der Waals surface area contributed by atoms with Crippen LogP contribution in [0.5, 0.6) is 0 Å². The highest BCUT2D eigenvalue weighted by Crippen LogP contribution is 2.26. The van der Waals surface area contributed by atoms with Gasteiger partial charge in [0.1, 0.15) is 12.0 Å². The molecule has 0 saturated heterocycles. The summed E-state index contributed by atoms with van der Waals surface area (Å²) in [6.45, 7) is 4.34. The Balaban J connectivity index is 2.79. The van der Waals surface area contributed by atoms with Crippen LogP contribution in [0.25, 0.3) is 0 Å². The minimum Gasteiger partial charge on any atom is -0.388 e. The molecule has 0 amide bonds. The molecule has 0 radical (unpaired) electrons. The van der Waals surface area contributed by atoms with Crippen LogP contribution in [0.15, 0.2) is 6.33 Å². The average molecular weight is 259 g/mol. The second kappa shape index (κ2) is 6.02. The van der Waals surface area contributed by atoms with Crippen molar-refractivity contribution < 1.29 is 5.11 Å². The summed E-state index contributed by atoms with van der Waals surface area (Å²) in [5, 5.41) is 16.6. The molecule has 0 aliphatic carbocycles. The number of hydrogen-bond donors (Lipinski definition) is 3. The fourth-order valence-corrected chi connectivity index (χ4v) is 1.70. The molecule has 0 aliphatic rings. The smallest absolute Gasteiger partial charge is 0.157 e. The molecule has 96 valence electrons. The standard InChI is InChI=1S/C11H19ClN4O/c1-4-11(17,5-2)6-14-10-8(13-3)9(12)15-7-16-10/h7,13,17H,4-6H2,1-3H3,(H,14,15,16). The average Bonchev–Trinajstić information content (AvgIpc) is 2.36. The van der Waals surface area contributed by atoms with Gasteiger partial charge in [-0.05, 0) is 12.8 Å². The molecule has 0 aliphatic heterocycles. The lowest BCUT2D eigenvalue weighted by Crippen LogP contribution is -2.35. The van der Waals surface area contributed by atoms with E-state index in [0.29, 0.717) is 36.0 Å². The van der Waals surface area contributed by atoms with Crippen molar-refractivity contribution in [2.24, 2.45) is 0 Å². The Hall–Kier alpha value is -1.07. The molecule has 1 aromatic rings. The van der Waals surface area contributed by atoms with Crippen molar-refractivity contribution in [2.45, 2.75) is 32.3 Å². The second-order valence-corrected chi connectivity index (χ2v) is 4.28. The highest BCUT2D eigenvalue weighted by atomic mass is 35.5. The minimum absolute atomic E-state index is 0.363. The topological polar surface area (TPSA) is 70.1 Å². The van der Waals surface area contributed by atoms with Gasteiger partial charge >= 0.3 is 0 Å². The van der Waals surface area contributed by atoms with Crippen molar-refractivity contribution in [3.8, 4) is 0 Å². The van der Waals surface area contributed by atoms with E-state index < -0.39 is 5.60 Å². The number of nitrogens with one attached hydrogen (secondary N) is 2. The van der Waals surface area contributed by atoms with Crippen LogP contribution in [0.1, 0.15) is 26.7 Å². The van der Waals surface area contributed by atoms with E-state index >= 15 is 0 Å². The molecular weight excluding hydrogens is 240 g/mol. The van der Waals surface area contributed by atoms with Crippen LogP contribution < -0.4 is 10.6 Å². The summed E-state index contributed by atoms with van der Waals surface area (Å²) in [4.78, 5) is 7.99. The fourth-order valence-electron chi connectivity index (χ4n) is 1.47. The maximum absolute atomic E-state index is 10.2. The summed E-state index contributed by atoms with van der Waals surface area (Å²) in [7, 11) is 1.75. The predicted octanol–water partition coefficient (Wildman–Crippen LogP) is 2.13. The normalized spacial score (nSPS) is 11.4. The first-order chi connectivity index (χ1) is 8.06. The molecule has 0 atom stereocenters. The van der Waals surface area contributed by atoms with E-state index in [2.05, 4.69) is 20.6 Å². The Labute approximate surface area is 107 Å². The quantitative estimate of drug-likeness (QED) is 0.682.